The fourth-order valence-corrected chi connectivity index (χ4v) is 2.87. The smallest absolute Gasteiger partial charge is 0.347 e. The molecular weight excluding hydrogens is 280 g/mol. The van der Waals surface area contributed by atoms with Crippen LogP contribution in [0, 0.1) is 6.92 Å². The van der Waals surface area contributed by atoms with Crippen LogP contribution in [-0.4, -0.2) is 21.3 Å². The number of aromatic nitrogens is 2. The molecule has 0 aromatic carbocycles. The number of aryl methyl sites for hydroxylation is 1. The van der Waals surface area contributed by atoms with Gasteiger partial charge in [-0.1, -0.05) is 11.6 Å². The lowest BCUT2D eigenvalue weighted by molar-refractivity contribution is -0.149. The molecule has 1 aliphatic heterocycles. The van der Waals surface area contributed by atoms with Crippen LogP contribution in [0.3, 0.4) is 0 Å². The first kappa shape index (κ1) is 14.3. The predicted molar refractivity (Wildman–Crippen MR) is 82.0 cm³/mol. The number of esters is 2. The molecule has 2 aromatic heterocycles. The Balaban J connectivity index is 2.35. The number of rotatable bonds is 1. The standard InChI is InChI=1S/C17H16N2O3/c1-9(2)13-14(17(21)22-16(13)20)10(3)15-11(4)18-12-7-5-6-8-19(12)15/h5-8H,1-4H3/b14-10+. The number of pyridine rings is 1. The lowest BCUT2D eigenvalue weighted by atomic mass is 9.97. The Kier molecular flexibility index (Phi) is 3.20. The summed E-state index contributed by atoms with van der Waals surface area (Å²) in [5.41, 5.74) is 4.56. The summed E-state index contributed by atoms with van der Waals surface area (Å²) in [6, 6.07) is 5.70. The molecule has 1 fully saturated rings. The molecule has 1 saturated heterocycles. The van der Waals surface area contributed by atoms with Gasteiger partial charge in [-0.2, -0.15) is 0 Å². The van der Waals surface area contributed by atoms with Crippen LogP contribution in [0.25, 0.3) is 11.2 Å². The maximum Gasteiger partial charge on any atom is 0.347 e. The third-order valence-corrected chi connectivity index (χ3v) is 3.78. The van der Waals surface area contributed by atoms with Crippen molar-refractivity contribution in [2.24, 2.45) is 0 Å². The first-order chi connectivity index (χ1) is 10.4. The van der Waals surface area contributed by atoms with Crippen LogP contribution in [0.2, 0.25) is 0 Å². The van der Waals surface area contributed by atoms with E-state index in [1.807, 2.05) is 42.6 Å². The largest absolute Gasteiger partial charge is 0.386 e. The van der Waals surface area contributed by atoms with Crippen molar-refractivity contribution in [3.05, 3.63) is 52.5 Å². The van der Waals surface area contributed by atoms with E-state index >= 15 is 0 Å². The summed E-state index contributed by atoms with van der Waals surface area (Å²) in [7, 11) is 0. The van der Waals surface area contributed by atoms with Gasteiger partial charge in [0.2, 0.25) is 0 Å². The normalized spacial score (nSPS) is 17.2. The van der Waals surface area contributed by atoms with Crippen molar-refractivity contribution in [2.75, 3.05) is 0 Å². The van der Waals surface area contributed by atoms with Crippen molar-refractivity contribution >= 4 is 23.2 Å². The Bertz CT molecular complexity index is 880. The second-order valence-corrected chi connectivity index (χ2v) is 5.53. The number of carbonyl (C=O) groups is 2. The minimum Gasteiger partial charge on any atom is -0.386 e. The van der Waals surface area contributed by atoms with Gasteiger partial charge in [0.1, 0.15) is 5.65 Å². The summed E-state index contributed by atoms with van der Waals surface area (Å²) in [6.45, 7) is 7.30. The van der Waals surface area contributed by atoms with E-state index in [1.54, 1.807) is 13.8 Å². The van der Waals surface area contributed by atoms with Crippen LogP contribution in [0.1, 0.15) is 32.2 Å². The number of carbonyl (C=O) groups excluding carboxylic acids is 2. The van der Waals surface area contributed by atoms with Crippen LogP contribution in [0.5, 0.6) is 0 Å². The highest BCUT2D eigenvalue weighted by Gasteiger charge is 2.36. The molecule has 0 atom stereocenters. The molecule has 3 heterocycles. The minimum absolute atomic E-state index is 0.332. The van der Waals surface area contributed by atoms with Gasteiger partial charge in [0.25, 0.3) is 0 Å². The number of imidazole rings is 1. The third-order valence-electron chi connectivity index (χ3n) is 3.78. The highest BCUT2D eigenvalue weighted by atomic mass is 16.6. The molecule has 0 unspecified atom stereocenters. The Labute approximate surface area is 127 Å². The third kappa shape index (κ3) is 1.97. The number of hydrogen-bond acceptors (Lipinski definition) is 4. The zero-order valence-electron chi connectivity index (χ0n) is 12.9. The van der Waals surface area contributed by atoms with Crippen LogP contribution in [0.4, 0.5) is 0 Å². The molecule has 0 radical (unpaired) electrons. The molecule has 2 aromatic rings. The zero-order chi connectivity index (χ0) is 16.0. The number of ether oxygens (including phenoxy) is 1. The van der Waals surface area contributed by atoms with Crippen molar-refractivity contribution in [1.29, 1.82) is 0 Å². The van der Waals surface area contributed by atoms with Gasteiger partial charge in [0.15, 0.2) is 0 Å². The van der Waals surface area contributed by atoms with Crippen molar-refractivity contribution in [3.8, 4) is 0 Å². The fourth-order valence-electron chi connectivity index (χ4n) is 2.87. The Morgan fingerprint density at radius 1 is 1.09 bits per heavy atom. The summed E-state index contributed by atoms with van der Waals surface area (Å²) in [5, 5.41) is 0. The predicted octanol–water partition coefficient (Wildman–Crippen LogP) is 2.84. The van der Waals surface area contributed by atoms with Crippen molar-refractivity contribution in [2.45, 2.75) is 27.7 Å². The fraction of sp³-hybridized carbons (Fsp3) is 0.235. The number of cyclic esters (lactones) is 2. The van der Waals surface area contributed by atoms with E-state index in [1.165, 1.54) is 0 Å². The maximum atomic E-state index is 12.1. The van der Waals surface area contributed by atoms with Gasteiger partial charge in [0, 0.05) is 6.20 Å². The maximum absolute atomic E-state index is 12.1. The van der Waals surface area contributed by atoms with Gasteiger partial charge in [-0.05, 0) is 45.4 Å². The molecule has 112 valence electrons. The highest BCUT2D eigenvalue weighted by molar-refractivity contribution is 6.22. The molecule has 22 heavy (non-hydrogen) atoms. The number of allylic oxidation sites excluding steroid dienone is 2. The summed E-state index contributed by atoms with van der Waals surface area (Å²) in [6.07, 6.45) is 1.89. The lowest BCUT2D eigenvalue weighted by Gasteiger charge is -2.07. The average Bonchev–Trinajstić information content (AvgIpc) is 2.93. The van der Waals surface area contributed by atoms with Crippen LogP contribution in [-0.2, 0) is 14.3 Å². The highest BCUT2D eigenvalue weighted by Crippen LogP contribution is 2.33. The number of nitrogens with zero attached hydrogens (tertiary/aromatic N) is 2. The van der Waals surface area contributed by atoms with Gasteiger partial charge >= 0.3 is 11.9 Å². The Hall–Kier alpha value is -2.69. The first-order valence-corrected chi connectivity index (χ1v) is 7.01. The van der Waals surface area contributed by atoms with Crippen LogP contribution in [0.15, 0.2) is 41.1 Å². The quantitative estimate of drug-likeness (QED) is 0.461. The summed E-state index contributed by atoms with van der Waals surface area (Å²) < 4.78 is 6.71. The van der Waals surface area contributed by atoms with E-state index in [0.717, 1.165) is 22.6 Å². The summed E-state index contributed by atoms with van der Waals surface area (Å²) >= 11 is 0. The van der Waals surface area contributed by atoms with Crippen molar-refractivity contribution < 1.29 is 14.3 Å². The topological polar surface area (TPSA) is 60.7 Å². The first-order valence-electron chi connectivity index (χ1n) is 7.01. The number of fused-ring (bicyclic) bond motifs is 1. The monoisotopic (exact) mass is 296 g/mol. The van der Waals surface area contributed by atoms with Gasteiger partial charge < -0.3 is 4.74 Å². The molecule has 1 aliphatic rings. The average molecular weight is 296 g/mol. The summed E-state index contributed by atoms with van der Waals surface area (Å²) in [4.78, 5) is 28.5. The van der Waals surface area contributed by atoms with E-state index in [2.05, 4.69) is 4.98 Å². The molecule has 5 heteroatoms. The minimum atomic E-state index is -0.594. The zero-order valence-corrected chi connectivity index (χ0v) is 12.9. The second kappa shape index (κ2) is 4.94. The van der Waals surface area contributed by atoms with E-state index in [0.29, 0.717) is 16.7 Å². The second-order valence-electron chi connectivity index (χ2n) is 5.53. The molecule has 0 saturated carbocycles. The molecule has 0 aliphatic carbocycles. The van der Waals surface area contributed by atoms with E-state index in [9.17, 15) is 9.59 Å². The Morgan fingerprint density at radius 3 is 2.45 bits per heavy atom. The van der Waals surface area contributed by atoms with E-state index in [4.69, 9.17) is 4.74 Å². The SMILES string of the molecule is CC(C)=C1C(=O)OC(=O)/C1=C(\C)c1c(C)nc2ccccn12. The van der Waals surface area contributed by atoms with Gasteiger partial charge in [-0.15, -0.1) is 0 Å². The van der Waals surface area contributed by atoms with Crippen molar-refractivity contribution in [1.82, 2.24) is 9.38 Å². The molecule has 0 bridgehead atoms. The molecule has 5 nitrogen and oxygen atoms in total. The molecule has 0 N–H and O–H groups in total. The van der Waals surface area contributed by atoms with Crippen molar-refractivity contribution in [3.63, 3.8) is 0 Å². The van der Waals surface area contributed by atoms with Crippen LogP contribution >= 0.6 is 0 Å². The van der Waals surface area contributed by atoms with Crippen LogP contribution < -0.4 is 0 Å². The Morgan fingerprint density at radius 2 is 1.77 bits per heavy atom. The number of hydrogen-bond donors (Lipinski definition) is 0. The molecule has 0 amide bonds. The van der Waals surface area contributed by atoms with Gasteiger partial charge in [-0.25, -0.2) is 14.6 Å². The molecular formula is C17H16N2O3. The molecule has 0 spiro atoms. The van der Waals surface area contributed by atoms with Gasteiger partial charge in [-0.3, -0.25) is 4.40 Å². The van der Waals surface area contributed by atoms with E-state index in [-0.39, 0.29) is 0 Å². The molecule has 3 rings (SSSR count). The van der Waals surface area contributed by atoms with Gasteiger partial charge in [0.05, 0.1) is 22.5 Å². The van der Waals surface area contributed by atoms with E-state index < -0.39 is 11.9 Å². The summed E-state index contributed by atoms with van der Waals surface area (Å²) in [5.74, 6) is -1.17. The lowest BCUT2D eigenvalue weighted by Crippen LogP contribution is -2.02.